The van der Waals surface area contributed by atoms with Crippen LogP contribution < -0.4 is 4.74 Å². The molecule has 7 heteroatoms. The molecule has 1 atom stereocenters. The zero-order valence-electron chi connectivity index (χ0n) is 15.6. The van der Waals surface area contributed by atoms with Crippen LogP contribution in [0.1, 0.15) is 32.1 Å². The topological polar surface area (TPSA) is 63.7 Å². The van der Waals surface area contributed by atoms with Gasteiger partial charge in [-0.25, -0.2) is 8.42 Å². The molecule has 2 aliphatic rings. The first-order chi connectivity index (χ1) is 13.4. The molecule has 1 aliphatic carbocycles. The van der Waals surface area contributed by atoms with Gasteiger partial charge < -0.3 is 9.64 Å². The monoisotopic (exact) mass is 465 g/mol. The van der Waals surface area contributed by atoms with Gasteiger partial charge in [0, 0.05) is 16.6 Å². The molecule has 150 valence electrons. The molecular weight excluding hydrogens is 442 g/mol. The normalized spacial score (nSPS) is 21.8. The number of halogens is 1. The van der Waals surface area contributed by atoms with Crippen molar-refractivity contribution >= 4 is 42.4 Å². The number of sulfone groups is 1. The van der Waals surface area contributed by atoms with Crippen LogP contribution in [0.5, 0.6) is 5.75 Å². The van der Waals surface area contributed by atoms with E-state index in [1.165, 1.54) is 0 Å². The van der Waals surface area contributed by atoms with Crippen molar-refractivity contribution in [3.8, 4) is 5.75 Å². The third kappa shape index (κ3) is 4.35. The molecule has 28 heavy (non-hydrogen) atoms. The first-order valence-corrected chi connectivity index (χ1v) is 12.4. The molecule has 1 heterocycles. The Labute approximate surface area is 174 Å². The van der Waals surface area contributed by atoms with Crippen LogP contribution in [0.4, 0.5) is 0 Å². The number of carbonyl (C=O) groups is 1. The summed E-state index contributed by atoms with van der Waals surface area (Å²) in [6.45, 7) is -0.0604. The van der Waals surface area contributed by atoms with E-state index >= 15 is 0 Å². The van der Waals surface area contributed by atoms with Crippen molar-refractivity contribution in [3.05, 3.63) is 40.9 Å². The summed E-state index contributed by atoms with van der Waals surface area (Å²) in [5.41, 5.74) is 0. The number of hydrogen-bond acceptors (Lipinski definition) is 4. The number of rotatable bonds is 5. The molecule has 1 amide bonds. The molecule has 2 aromatic rings. The maximum absolute atomic E-state index is 13.0. The van der Waals surface area contributed by atoms with Crippen LogP contribution in [0.3, 0.4) is 0 Å². The molecular formula is C21H24BrNO4S. The van der Waals surface area contributed by atoms with Gasteiger partial charge in [-0.3, -0.25) is 4.79 Å². The summed E-state index contributed by atoms with van der Waals surface area (Å²) in [5.74, 6) is 0.800. The minimum absolute atomic E-state index is 0.0604. The van der Waals surface area contributed by atoms with Crippen molar-refractivity contribution in [3.63, 3.8) is 0 Å². The second-order valence-electron chi connectivity index (χ2n) is 7.74. The fourth-order valence-electron chi connectivity index (χ4n) is 4.39. The van der Waals surface area contributed by atoms with E-state index in [0.717, 1.165) is 40.9 Å². The molecule has 0 unspecified atom stereocenters. The molecule has 1 saturated heterocycles. The molecule has 1 saturated carbocycles. The largest absolute Gasteiger partial charge is 0.484 e. The van der Waals surface area contributed by atoms with E-state index in [2.05, 4.69) is 15.9 Å². The zero-order chi connectivity index (χ0) is 19.7. The van der Waals surface area contributed by atoms with Gasteiger partial charge in [0.1, 0.15) is 5.75 Å². The number of hydrogen-bond donors (Lipinski definition) is 0. The first kappa shape index (κ1) is 19.7. The van der Waals surface area contributed by atoms with Gasteiger partial charge in [-0.1, -0.05) is 40.9 Å². The van der Waals surface area contributed by atoms with E-state index in [1.807, 2.05) is 41.3 Å². The number of benzene rings is 2. The number of fused-ring (bicyclic) bond motifs is 1. The van der Waals surface area contributed by atoms with Crippen LogP contribution in [-0.4, -0.2) is 49.4 Å². The standard InChI is InChI=1S/C21H24BrNO4S/c22-17-7-5-16-12-20(8-6-15(16)11-17)27-13-21(24)23(18-3-1-2-4-18)19-9-10-28(25,26)14-19/h5-8,11-12,18-19H,1-4,9-10,13-14H2/t19-/m1/s1. The van der Waals surface area contributed by atoms with Crippen molar-refractivity contribution < 1.29 is 17.9 Å². The van der Waals surface area contributed by atoms with Crippen LogP contribution >= 0.6 is 15.9 Å². The van der Waals surface area contributed by atoms with Gasteiger partial charge >= 0.3 is 0 Å². The predicted octanol–water partition coefficient (Wildman–Crippen LogP) is 3.94. The Morgan fingerprint density at radius 2 is 1.75 bits per heavy atom. The van der Waals surface area contributed by atoms with Crippen molar-refractivity contribution in [1.82, 2.24) is 4.90 Å². The highest BCUT2D eigenvalue weighted by atomic mass is 79.9. The maximum atomic E-state index is 13.0. The molecule has 4 rings (SSSR count). The van der Waals surface area contributed by atoms with Crippen molar-refractivity contribution in [2.45, 2.75) is 44.2 Å². The predicted molar refractivity (Wildman–Crippen MR) is 113 cm³/mol. The van der Waals surface area contributed by atoms with Crippen LogP contribution in [-0.2, 0) is 14.6 Å². The third-order valence-corrected chi connectivity index (χ3v) is 7.99. The summed E-state index contributed by atoms with van der Waals surface area (Å²) in [6.07, 6.45) is 4.62. The number of nitrogens with zero attached hydrogens (tertiary/aromatic N) is 1. The highest BCUT2D eigenvalue weighted by molar-refractivity contribution is 9.10. The van der Waals surface area contributed by atoms with E-state index in [9.17, 15) is 13.2 Å². The lowest BCUT2D eigenvalue weighted by molar-refractivity contribution is -0.137. The highest BCUT2D eigenvalue weighted by Gasteiger charge is 2.39. The second-order valence-corrected chi connectivity index (χ2v) is 10.9. The highest BCUT2D eigenvalue weighted by Crippen LogP contribution is 2.30. The van der Waals surface area contributed by atoms with E-state index in [4.69, 9.17) is 4.74 Å². The number of amides is 1. The molecule has 2 fully saturated rings. The SMILES string of the molecule is O=C(COc1ccc2cc(Br)ccc2c1)N(C1CCCC1)[C@@H]1CCS(=O)(=O)C1. The zero-order valence-corrected chi connectivity index (χ0v) is 18.0. The van der Waals surface area contributed by atoms with E-state index in [1.54, 1.807) is 0 Å². The average molecular weight is 466 g/mol. The van der Waals surface area contributed by atoms with Gasteiger partial charge in [0.25, 0.3) is 5.91 Å². The van der Waals surface area contributed by atoms with Gasteiger partial charge in [0.05, 0.1) is 11.5 Å². The maximum Gasteiger partial charge on any atom is 0.261 e. The molecule has 0 aromatic heterocycles. The number of carbonyl (C=O) groups excluding carboxylic acids is 1. The quantitative estimate of drug-likeness (QED) is 0.670. The Kier molecular flexibility index (Phi) is 5.65. The van der Waals surface area contributed by atoms with E-state index in [-0.39, 0.29) is 36.1 Å². The molecule has 0 spiro atoms. The lowest BCUT2D eigenvalue weighted by atomic mass is 10.1. The second kappa shape index (κ2) is 8.03. The Bertz CT molecular complexity index is 985. The smallest absolute Gasteiger partial charge is 0.261 e. The Morgan fingerprint density at radius 3 is 2.46 bits per heavy atom. The average Bonchev–Trinajstić information content (AvgIpc) is 3.30. The Balaban J connectivity index is 1.47. The lowest BCUT2D eigenvalue weighted by Gasteiger charge is -2.34. The summed E-state index contributed by atoms with van der Waals surface area (Å²) in [5, 5.41) is 2.14. The van der Waals surface area contributed by atoms with Gasteiger partial charge in [0.2, 0.25) is 0 Å². The van der Waals surface area contributed by atoms with Crippen molar-refractivity contribution in [2.24, 2.45) is 0 Å². The van der Waals surface area contributed by atoms with Crippen LogP contribution in [0.15, 0.2) is 40.9 Å². The van der Waals surface area contributed by atoms with Crippen LogP contribution in [0.2, 0.25) is 0 Å². The van der Waals surface area contributed by atoms with Crippen LogP contribution in [0.25, 0.3) is 10.8 Å². The molecule has 5 nitrogen and oxygen atoms in total. The van der Waals surface area contributed by atoms with Crippen molar-refractivity contribution in [2.75, 3.05) is 18.1 Å². The lowest BCUT2D eigenvalue weighted by Crippen LogP contribution is -2.48. The summed E-state index contributed by atoms with van der Waals surface area (Å²) < 4.78 is 30.7. The van der Waals surface area contributed by atoms with E-state index < -0.39 is 9.84 Å². The summed E-state index contributed by atoms with van der Waals surface area (Å²) in [4.78, 5) is 14.8. The van der Waals surface area contributed by atoms with Crippen LogP contribution in [0, 0.1) is 0 Å². The first-order valence-electron chi connectivity index (χ1n) is 9.75. The number of ether oxygens (including phenoxy) is 1. The van der Waals surface area contributed by atoms with Gasteiger partial charge in [-0.15, -0.1) is 0 Å². The van der Waals surface area contributed by atoms with Crippen molar-refractivity contribution in [1.29, 1.82) is 0 Å². The fraction of sp³-hybridized carbons (Fsp3) is 0.476. The Morgan fingerprint density at radius 1 is 1.04 bits per heavy atom. The molecule has 0 radical (unpaired) electrons. The van der Waals surface area contributed by atoms with Gasteiger partial charge in [-0.2, -0.15) is 0 Å². The third-order valence-electron chi connectivity index (χ3n) is 5.74. The fourth-order valence-corrected chi connectivity index (χ4v) is 6.48. The summed E-state index contributed by atoms with van der Waals surface area (Å²) >= 11 is 3.46. The minimum atomic E-state index is -3.04. The van der Waals surface area contributed by atoms with Gasteiger partial charge in [-0.05, 0) is 54.3 Å². The van der Waals surface area contributed by atoms with Gasteiger partial charge in [0.15, 0.2) is 16.4 Å². The summed E-state index contributed by atoms with van der Waals surface area (Å²) in [6, 6.07) is 11.7. The molecule has 0 bridgehead atoms. The molecule has 1 aliphatic heterocycles. The summed E-state index contributed by atoms with van der Waals surface area (Å²) in [7, 11) is -3.04. The Hall–Kier alpha value is -1.60. The van der Waals surface area contributed by atoms with E-state index in [0.29, 0.717) is 12.2 Å². The molecule has 0 N–H and O–H groups in total. The minimum Gasteiger partial charge on any atom is -0.484 e. The molecule has 2 aromatic carbocycles.